The highest BCUT2D eigenvalue weighted by atomic mass is 19.4. The van der Waals surface area contributed by atoms with Crippen molar-refractivity contribution in [2.45, 2.75) is 39.4 Å². The lowest BCUT2D eigenvalue weighted by Gasteiger charge is -2.35. The van der Waals surface area contributed by atoms with Crippen LogP contribution in [0.1, 0.15) is 25.5 Å². The molecule has 1 atom stereocenters. The molecular formula is C12H19F3N4. The summed E-state index contributed by atoms with van der Waals surface area (Å²) >= 11 is 0. The SMILES string of the molecule is CCn1nc(C)c(N)c1N1CCCC(C(F)(F)F)C1. The van der Waals surface area contributed by atoms with Crippen LogP contribution >= 0.6 is 0 Å². The zero-order valence-electron chi connectivity index (χ0n) is 11.2. The quantitative estimate of drug-likeness (QED) is 0.903. The monoisotopic (exact) mass is 276 g/mol. The minimum absolute atomic E-state index is 0.0289. The first-order valence-electron chi connectivity index (χ1n) is 6.49. The van der Waals surface area contributed by atoms with Crippen molar-refractivity contribution < 1.29 is 13.2 Å². The van der Waals surface area contributed by atoms with Gasteiger partial charge in [0.15, 0.2) is 5.82 Å². The van der Waals surface area contributed by atoms with Gasteiger partial charge in [0.25, 0.3) is 0 Å². The Hall–Kier alpha value is -1.40. The van der Waals surface area contributed by atoms with Crippen molar-refractivity contribution in [3.63, 3.8) is 0 Å². The Morgan fingerprint density at radius 3 is 2.68 bits per heavy atom. The molecule has 2 heterocycles. The number of nitrogens with two attached hydrogens (primary N) is 1. The van der Waals surface area contributed by atoms with Gasteiger partial charge in [0.2, 0.25) is 0 Å². The maximum absolute atomic E-state index is 12.8. The van der Waals surface area contributed by atoms with Gasteiger partial charge in [-0.05, 0) is 26.7 Å². The first-order chi connectivity index (χ1) is 8.84. The number of alkyl halides is 3. The summed E-state index contributed by atoms with van der Waals surface area (Å²) in [5, 5.41) is 4.26. The van der Waals surface area contributed by atoms with Crippen LogP contribution in [0.3, 0.4) is 0 Å². The Kier molecular flexibility index (Phi) is 3.64. The van der Waals surface area contributed by atoms with E-state index in [1.165, 1.54) is 0 Å². The molecule has 108 valence electrons. The number of nitrogens with zero attached hydrogens (tertiary/aromatic N) is 3. The Bertz CT molecular complexity index is 453. The van der Waals surface area contributed by atoms with Crippen LogP contribution in [0.25, 0.3) is 0 Å². The molecule has 4 nitrogen and oxygen atoms in total. The first-order valence-corrected chi connectivity index (χ1v) is 6.49. The molecule has 1 aliphatic heterocycles. The number of halogens is 3. The fraction of sp³-hybridized carbons (Fsp3) is 0.750. The average molecular weight is 276 g/mol. The molecule has 1 aliphatic rings. The number of hydrogen-bond acceptors (Lipinski definition) is 3. The molecule has 0 aromatic carbocycles. The molecule has 7 heteroatoms. The lowest BCUT2D eigenvalue weighted by molar-refractivity contribution is -0.176. The highest BCUT2D eigenvalue weighted by Crippen LogP contribution is 2.36. The van der Waals surface area contributed by atoms with Crippen LogP contribution in [0.15, 0.2) is 0 Å². The number of nitrogen functional groups attached to an aromatic ring is 1. The predicted molar refractivity (Wildman–Crippen MR) is 68.0 cm³/mol. The summed E-state index contributed by atoms with van der Waals surface area (Å²) in [6, 6.07) is 0. The smallest absolute Gasteiger partial charge is 0.393 e. The zero-order valence-corrected chi connectivity index (χ0v) is 11.2. The summed E-state index contributed by atoms with van der Waals surface area (Å²) < 4.78 is 40.2. The van der Waals surface area contributed by atoms with Gasteiger partial charge >= 0.3 is 6.18 Å². The third kappa shape index (κ3) is 2.64. The predicted octanol–water partition coefficient (Wildman–Crippen LogP) is 2.57. The van der Waals surface area contributed by atoms with Gasteiger partial charge in [-0.2, -0.15) is 18.3 Å². The standard InChI is InChI=1S/C12H19F3N4/c1-3-19-11(10(16)8(2)17-19)18-6-4-5-9(7-18)12(13,14)15/h9H,3-7,16H2,1-2H3. The van der Waals surface area contributed by atoms with Crippen molar-refractivity contribution in [1.82, 2.24) is 9.78 Å². The molecule has 1 aromatic rings. The Labute approximate surface area is 110 Å². The molecule has 0 saturated carbocycles. The third-order valence-electron chi connectivity index (χ3n) is 3.63. The van der Waals surface area contributed by atoms with Gasteiger partial charge in [-0.3, -0.25) is 0 Å². The highest BCUT2D eigenvalue weighted by molar-refractivity contribution is 5.66. The van der Waals surface area contributed by atoms with E-state index in [-0.39, 0.29) is 13.0 Å². The molecule has 0 bridgehead atoms. The van der Waals surface area contributed by atoms with E-state index in [2.05, 4.69) is 5.10 Å². The van der Waals surface area contributed by atoms with Crippen LogP contribution in [-0.2, 0) is 6.54 Å². The molecule has 0 amide bonds. The van der Waals surface area contributed by atoms with Crippen molar-refractivity contribution in [1.29, 1.82) is 0 Å². The van der Waals surface area contributed by atoms with E-state index < -0.39 is 12.1 Å². The van der Waals surface area contributed by atoms with Crippen molar-refractivity contribution in [2.75, 3.05) is 23.7 Å². The Morgan fingerprint density at radius 1 is 1.42 bits per heavy atom. The molecule has 0 radical (unpaired) electrons. The van der Waals surface area contributed by atoms with Crippen LogP contribution in [0.2, 0.25) is 0 Å². The van der Waals surface area contributed by atoms with Gasteiger partial charge in [-0.1, -0.05) is 0 Å². The lowest BCUT2D eigenvalue weighted by Crippen LogP contribution is -2.42. The summed E-state index contributed by atoms with van der Waals surface area (Å²) in [4.78, 5) is 1.72. The zero-order chi connectivity index (χ0) is 14.2. The minimum Gasteiger partial charge on any atom is -0.394 e. The molecular weight excluding hydrogens is 257 g/mol. The molecule has 0 aliphatic carbocycles. The van der Waals surface area contributed by atoms with Crippen LogP contribution in [0, 0.1) is 12.8 Å². The average Bonchev–Trinajstić information content (AvgIpc) is 2.64. The second-order valence-electron chi connectivity index (χ2n) is 4.97. The van der Waals surface area contributed by atoms with Crippen LogP contribution < -0.4 is 10.6 Å². The van der Waals surface area contributed by atoms with E-state index in [4.69, 9.17) is 5.73 Å². The highest BCUT2D eigenvalue weighted by Gasteiger charge is 2.42. The molecule has 2 rings (SSSR count). The third-order valence-corrected chi connectivity index (χ3v) is 3.63. The van der Waals surface area contributed by atoms with Crippen LogP contribution in [0.5, 0.6) is 0 Å². The second kappa shape index (κ2) is 4.94. The van der Waals surface area contributed by atoms with Crippen molar-refractivity contribution in [2.24, 2.45) is 5.92 Å². The lowest BCUT2D eigenvalue weighted by atomic mass is 9.97. The van der Waals surface area contributed by atoms with Gasteiger partial charge in [-0.25, -0.2) is 4.68 Å². The fourth-order valence-corrected chi connectivity index (χ4v) is 2.57. The van der Waals surface area contributed by atoms with Gasteiger partial charge in [0.1, 0.15) is 0 Å². The molecule has 1 fully saturated rings. The Morgan fingerprint density at radius 2 is 2.11 bits per heavy atom. The van der Waals surface area contributed by atoms with E-state index in [9.17, 15) is 13.2 Å². The number of aromatic nitrogens is 2. The number of hydrogen-bond donors (Lipinski definition) is 1. The van der Waals surface area contributed by atoms with Gasteiger partial charge in [0.05, 0.1) is 17.3 Å². The number of piperidine rings is 1. The van der Waals surface area contributed by atoms with E-state index in [1.807, 2.05) is 6.92 Å². The number of anilines is 2. The first kappa shape index (κ1) is 14.0. The van der Waals surface area contributed by atoms with Crippen LogP contribution in [0.4, 0.5) is 24.7 Å². The number of aryl methyl sites for hydroxylation is 2. The van der Waals surface area contributed by atoms with E-state index >= 15 is 0 Å². The minimum atomic E-state index is -4.14. The van der Waals surface area contributed by atoms with E-state index in [1.54, 1.807) is 16.5 Å². The van der Waals surface area contributed by atoms with Crippen molar-refractivity contribution in [3.05, 3.63) is 5.69 Å². The maximum atomic E-state index is 12.8. The summed E-state index contributed by atoms with van der Waals surface area (Å²) in [7, 11) is 0. The van der Waals surface area contributed by atoms with Gasteiger partial charge < -0.3 is 10.6 Å². The largest absolute Gasteiger partial charge is 0.394 e. The van der Waals surface area contributed by atoms with Gasteiger partial charge in [-0.15, -0.1) is 0 Å². The Balaban J connectivity index is 2.27. The molecule has 1 unspecified atom stereocenters. The topological polar surface area (TPSA) is 47.1 Å². The second-order valence-corrected chi connectivity index (χ2v) is 4.97. The van der Waals surface area contributed by atoms with E-state index in [0.29, 0.717) is 36.7 Å². The molecule has 0 spiro atoms. The normalized spacial score (nSPS) is 20.9. The summed E-state index contributed by atoms with van der Waals surface area (Å²) in [5.41, 5.74) is 7.12. The molecule has 2 N–H and O–H groups in total. The molecule has 1 saturated heterocycles. The van der Waals surface area contributed by atoms with Crippen molar-refractivity contribution >= 4 is 11.5 Å². The maximum Gasteiger partial charge on any atom is 0.393 e. The van der Waals surface area contributed by atoms with Gasteiger partial charge in [0, 0.05) is 19.6 Å². The molecule has 19 heavy (non-hydrogen) atoms. The van der Waals surface area contributed by atoms with Crippen LogP contribution in [-0.4, -0.2) is 29.0 Å². The molecule has 1 aromatic heterocycles. The van der Waals surface area contributed by atoms with Crippen molar-refractivity contribution in [3.8, 4) is 0 Å². The fourth-order valence-electron chi connectivity index (χ4n) is 2.57. The summed E-state index contributed by atoms with van der Waals surface area (Å²) in [6.45, 7) is 4.85. The summed E-state index contributed by atoms with van der Waals surface area (Å²) in [5.74, 6) is -0.643. The van der Waals surface area contributed by atoms with E-state index in [0.717, 1.165) is 0 Å². The number of rotatable bonds is 2. The summed E-state index contributed by atoms with van der Waals surface area (Å²) in [6.07, 6.45) is -3.42.